The highest BCUT2D eigenvalue weighted by Crippen LogP contribution is 2.26. The van der Waals surface area contributed by atoms with Crippen LogP contribution in [-0.4, -0.2) is 60.5 Å². The maximum atomic E-state index is 13.9. The van der Waals surface area contributed by atoms with Gasteiger partial charge in [0.15, 0.2) is 5.69 Å². The summed E-state index contributed by atoms with van der Waals surface area (Å²) in [4.78, 5) is 39.8. The zero-order valence-corrected chi connectivity index (χ0v) is 22.3. The first kappa shape index (κ1) is 26.8. The molecule has 0 saturated carbocycles. The third-order valence-corrected chi connectivity index (χ3v) is 6.26. The van der Waals surface area contributed by atoms with Crippen molar-refractivity contribution in [3.05, 3.63) is 81.4 Å². The minimum atomic E-state index is -0.502. The maximum Gasteiger partial charge on any atom is 0.390 e. The lowest BCUT2D eigenvalue weighted by atomic mass is 10.2. The van der Waals surface area contributed by atoms with E-state index in [0.29, 0.717) is 50.1 Å². The van der Waals surface area contributed by atoms with Crippen LogP contribution in [0.3, 0.4) is 0 Å². The highest BCUT2D eigenvalue weighted by molar-refractivity contribution is 9.10. The summed E-state index contributed by atoms with van der Waals surface area (Å²) >= 11 is 3.13. The summed E-state index contributed by atoms with van der Waals surface area (Å²) in [6.07, 6.45) is 7.36. The standard InChI is InChI=1S/C24H23BrFN9O3/c1-33-14-30-24(34(37)38)20(33)12-35(2,3)8-4-5-22(36)32-21-10-16-19(11-27-21)28-13-29-23(16)31-15-6-7-17(25)18(26)9-15/h4-7,9-11,13-14H,8,12H2,1-3H3,(H-,27,28,29,31,32,36)/p+1/b5-4+. The van der Waals surface area contributed by atoms with Crippen LogP contribution >= 0.6 is 15.9 Å². The fourth-order valence-corrected chi connectivity index (χ4v) is 3.95. The van der Waals surface area contributed by atoms with Crippen LogP contribution in [0.1, 0.15) is 5.69 Å². The van der Waals surface area contributed by atoms with E-state index in [2.05, 4.69) is 46.5 Å². The van der Waals surface area contributed by atoms with Crippen LogP contribution in [-0.2, 0) is 18.4 Å². The molecular formula is C24H24BrFN9O3+. The second-order valence-corrected chi connectivity index (χ2v) is 9.97. The van der Waals surface area contributed by atoms with Crippen molar-refractivity contribution >= 4 is 55.9 Å². The number of imidazole rings is 1. The van der Waals surface area contributed by atoms with Gasteiger partial charge in [0, 0.05) is 24.2 Å². The molecule has 12 nitrogen and oxygen atoms in total. The normalized spacial score (nSPS) is 11.7. The minimum absolute atomic E-state index is 0.175. The third-order valence-electron chi connectivity index (χ3n) is 5.61. The molecule has 3 heterocycles. The molecule has 0 unspecified atom stereocenters. The van der Waals surface area contributed by atoms with Gasteiger partial charge < -0.3 is 29.8 Å². The molecule has 1 aromatic carbocycles. The molecule has 38 heavy (non-hydrogen) atoms. The number of carbonyl (C=O) groups is 1. The summed E-state index contributed by atoms with van der Waals surface area (Å²) in [5.74, 6) is -0.287. The summed E-state index contributed by atoms with van der Waals surface area (Å²) in [5.41, 5.74) is 1.53. The first-order valence-corrected chi connectivity index (χ1v) is 12.1. The number of hydrogen-bond acceptors (Lipinski definition) is 8. The average Bonchev–Trinajstić information content (AvgIpc) is 3.21. The molecule has 4 rings (SSSR count). The van der Waals surface area contributed by atoms with Gasteiger partial charge in [0.1, 0.15) is 30.3 Å². The van der Waals surface area contributed by atoms with Crippen LogP contribution in [0.2, 0.25) is 0 Å². The summed E-state index contributed by atoms with van der Waals surface area (Å²) in [7, 11) is 5.50. The molecule has 0 aliphatic carbocycles. The molecule has 0 bridgehead atoms. The van der Waals surface area contributed by atoms with E-state index in [9.17, 15) is 19.3 Å². The summed E-state index contributed by atoms with van der Waals surface area (Å²) in [5, 5.41) is 17.6. The van der Waals surface area contributed by atoms with Crippen LogP contribution in [0.15, 0.2) is 59.7 Å². The number of aryl methyl sites for hydroxylation is 1. The van der Waals surface area contributed by atoms with E-state index in [4.69, 9.17) is 0 Å². The van der Waals surface area contributed by atoms with Crippen molar-refractivity contribution in [3.8, 4) is 0 Å². The number of fused-ring (bicyclic) bond motifs is 1. The van der Waals surface area contributed by atoms with Crippen molar-refractivity contribution in [2.24, 2.45) is 7.05 Å². The van der Waals surface area contributed by atoms with Crippen LogP contribution < -0.4 is 10.6 Å². The van der Waals surface area contributed by atoms with Gasteiger partial charge in [0.05, 0.1) is 36.8 Å². The smallest absolute Gasteiger partial charge is 0.358 e. The van der Waals surface area contributed by atoms with Crippen molar-refractivity contribution in [3.63, 3.8) is 0 Å². The number of rotatable bonds is 9. The number of pyridine rings is 1. The van der Waals surface area contributed by atoms with E-state index in [1.54, 1.807) is 35.9 Å². The Hall–Kier alpha value is -4.30. The zero-order chi connectivity index (χ0) is 27.4. The number of anilines is 3. The molecule has 0 atom stereocenters. The second-order valence-electron chi connectivity index (χ2n) is 9.11. The SMILES string of the molecule is Cn1cnc([N+](=O)[O-])c1C[N+](C)(C)C/C=C/C(=O)Nc1cc2c(Nc3ccc(Br)c(F)c3)ncnc2cn1. The van der Waals surface area contributed by atoms with Gasteiger partial charge in [-0.05, 0) is 56.2 Å². The Bertz CT molecular complexity index is 1550. The molecule has 0 aliphatic heterocycles. The molecule has 1 amide bonds. The lowest BCUT2D eigenvalue weighted by Gasteiger charge is -2.27. The van der Waals surface area contributed by atoms with E-state index in [0.717, 1.165) is 0 Å². The van der Waals surface area contributed by atoms with E-state index < -0.39 is 16.6 Å². The third kappa shape index (κ3) is 6.33. The maximum absolute atomic E-state index is 13.9. The van der Waals surface area contributed by atoms with Crippen LogP contribution in [0.4, 0.5) is 27.5 Å². The highest BCUT2D eigenvalue weighted by Gasteiger charge is 2.26. The fourth-order valence-electron chi connectivity index (χ4n) is 3.70. The molecule has 0 saturated heterocycles. The number of aromatic nitrogens is 5. The van der Waals surface area contributed by atoms with Crippen molar-refractivity contribution in [1.82, 2.24) is 24.5 Å². The molecule has 0 aliphatic rings. The number of hydrogen-bond donors (Lipinski definition) is 2. The monoisotopic (exact) mass is 584 g/mol. The van der Waals surface area contributed by atoms with Crippen molar-refractivity contribution in [2.45, 2.75) is 6.54 Å². The van der Waals surface area contributed by atoms with Gasteiger partial charge in [-0.15, -0.1) is 0 Å². The van der Waals surface area contributed by atoms with Crippen LogP contribution in [0, 0.1) is 15.9 Å². The molecule has 0 radical (unpaired) electrons. The molecule has 3 aromatic heterocycles. The topological polar surface area (TPSA) is 141 Å². The Kier molecular flexibility index (Phi) is 7.73. The Morgan fingerprint density at radius 2 is 2.03 bits per heavy atom. The van der Waals surface area contributed by atoms with Crippen molar-refractivity contribution in [2.75, 3.05) is 31.3 Å². The average molecular weight is 585 g/mol. The molecular weight excluding hydrogens is 561 g/mol. The van der Waals surface area contributed by atoms with Crippen molar-refractivity contribution < 1.29 is 18.6 Å². The summed E-state index contributed by atoms with van der Waals surface area (Å²) in [6.45, 7) is 0.787. The minimum Gasteiger partial charge on any atom is -0.358 e. The molecule has 0 spiro atoms. The van der Waals surface area contributed by atoms with Gasteiger partial charge >= 0.3 is 5.82 Å². The van der Waals surface area contributed by atoms with Gasteiger partial charge in [-0.3, -0.25) is 4.79 Å². The van der Waals surface area contributed by atoms with Crippen LogP contribution in [0.5, 0.6) is 0 Å². The predicted molar refractivity (Wildman–Crippen MR) is 143 cm³/mol. The summed E-state index contributed by atoms with van der Waals surface area (Å²) in [6, 6.07) is 6.24. The molecule has 14 heteroatoms. The lowest BCUT2D eigenvalue weighted by Crippen LogP contribution is -2.39. The van der Waals surface area contributed by atoms with Gasteiger partial charge in [-0.25, -0.2) is 19.3 Å². The first-order chi connectivity index (χ1) is 18.0. The number of nitrogens with zero attached hydrogens (tertiary/aromatic N) is 7. The van der Waals surface area contributed by atoms with E-state index in [-0.39, 0.29) is 11.6 Å². The predicted octanol–water partition coefficient (Wildman–Crippen LogP) is 4.08. The number of likely N-dealkylation sites (N-methyl/N-ethyl adjacent to an activating group) is 1. The Morgan fingerprint density at radius 3 is 2.76 bits per heavy atom. The Morgan fingerprint density at radius 1 is 1.24 bits per heavy atom. The van der Waals surface area contributed by atoms with Crippen LogP contribution in [0.25, 0.3) is 10.9 Å². The lowest BCUT2D eigenvalue weighted by molar-refractivity contribution is -0.898. The number of nitro groups is 1. The fraction of sp³-hybridized carbons (Fsp3) is 0.208. The van der Waals surface area contributed by atoms with Gasteiger partial charge in [-0.1, -0.05) is 0 Å². The first-order valence-electron chi connectivity index (χ1n) is 11.3. The van der Waals surface area contributed by atoms with E-state index >= 15 is 0 Å². The Balaban J connectivity index is 1.44. The van der Waals surface area contributed by atoms with Gasteiger partial charge in [0.25, 0.3) is 0 Å². The molecule has 196 valence electrons. The van der Waals surface area contributed by atoms with E-state index in [1.165, 1.54) is 31.0 Å². The van der Waals surface area contributed by atoms with E-state index in [1.807, 2.05) is 14.1 Å². The quantitative estimate of drug-likeness (QED) is 0.130. The highest BCUT2D eigenvalue weighted by atomic mass is 79.9. The number of halogens is 2. The van der Waals surface area contributed by atoms with Crippen molar-refractivity contribution in [1.29, 1.82) is 0 Å². The molecule has 0 fully saturated rings. The number of amides is 1. The number of quaternary nitrogens is 1. The number of carbonyl (C=O) groups excluding carboxylic acids is 1. The number of benzene rings is 1. The molecule has 2 N–H and O–H groups in total. The van der Waals surface area contributed by atoms with Gasteiger partial charge in [0.2, 0.25) is 12.2 Å². The number of nitrogens with one attached hydrogen (secondary N) is 2. The molecule has 4 aromatic rings. The summed E-state index contributed by atoms with van der Waals surface area (Å²) < 4.78 is 16.3. The largest absolute Gasteiger partial charge is 0.390 e. The van der Waals surface area contributed by atoms with Gasteiger partial charge in [-0.2, -0.15) is 0 Å². The Labute approximate surface area is 225 Å². The second kappa shape index (κ2) is 11.0. The zero-order valence-electron chi connectivity index (χ0n) is 20.7.